The topological polar surface area (TPSA) is 73.2 Å². The Morgan fingerprint density at radius 1 is 0.900 bits per heavy atom. The predicted molar refractivity (Wildman–Crippen MR) is 117 cm³/mol. The highest BCUT2D eigenvalue weighted by molar-refractivity contribution is 7.92. The first-order valence-electron chi connectivity index (χ1n) is 9.39. The number of nitrogens with one attached hydrogen (secondary N) is 1. The molecule has 30 heavy (non-hydrogen) atoms. The number of hydrogen-bond acceptors (Lipinski definition) is 4. The van der Waals surface area contributed by atoms with Crippen LogP contribution < -0.4 is 9.46 Å². The first-order chi connectivity index (χ1) is 14.5. The van der Waals surface area contributed by atoms with E-state index in [1.165, 1.54) is 0 Å². The van der Waals surface area contributed by atoms with E-state index in [1.54, 1.807) is 42.3 Å². The van der Waals surface area contributed by atoms with E-state index in [0.29, 0.717) is 23.7 Å². The van der Waals surface area contributed by atoms with Crippen LogP contribution in [-0.2, 0) is 16.6 Å². The van der Waals surface area contributed by atoms with Crippen LogP contribution in [0.1, 0.15) is 5.56 Å². The zero-order valence-corrected chi connectivity index (χ0v) is 17.2. The van der Waals surface area contributed by atoms with E-state index in [0.717, 1.165) is 11.1 Å². The molecule has 0 amide bonds. The molecule has 1 heterocycles. The van der Waals surface area contributed by atoms with Gasteiger partial charge in [-0.15, -0.1) is 0 Å². The standard InChI is InChI=1S/C23H21N3O3S/c1-29-21-14-12-20(13-15-21)25-30(27,28)22-17-26(16-18-8-4-2-5-9-18)24-23(22)19-10-6-3-7-11-19/h2-15,17,25H,16H2,1H3. The van der Waals surface area contributed by atoms with Gasteiger partial charge in [0.2, 0.25) is 0 Å². The molecule has 3 aromatic carbocycles. The Labute approximate surface area is 175 Å². The maximum Gasteiger partial charge on any atom is 0.265 e. The van der Waals surface area contributed by atoms with Gasteiger partial charge in [-0.05, 0) is 29.8 Å². The van der Waals surface area contributed by atoms with Gasteiger partial charge in [0.1, 0.15) is 16.3 Å². The van der Waals surface area contributed by atoms with Gasteiger partial charge in [0.25, 0.3) is 10.0 Å². The van der Waals surface area contributed by atoms with Crippen LogP contribution in [0.3, 0.4) is 0 Å². The minimum absolute atomic E-state index is 0.125. The molecular formula is C23H21N3O3S. The summed E-state index contributed by atoms with van der Waals surface area (Å²) < 4.78 is 35.9. The van der Waals surface area contributed by atoms with Crippen LogP contribution in [0.5, 0.6) is 5.75 Å². The van der Waals surface area contributed by atoms with Crippen molar-refractivity contribution in [2.45, 2.75) is 11.4 Å². The van der Waals surface area contributed by atoms with Crippen molar-refractivity contribution in [3.63, 3.8) is 0 Å². The van der Waals surface area contributed by atoms with Crippen LogP contribution in [0.15, 0.2) is 96.0 Å². The molecule has 0 unspecified atom stereocenters. The number of benzene rings is 3. The first-order valence-corrected chi connectivity index (χ1v) is 10.9. The number of methoxy groups -OCH3 is 1. The summed E-state index contributed by atoms with van der Waals surface area (Å²) in [7, 11) is -2.30. The Morgan fingerprint density at radius 2 is 1.53 bits per heavy atom. The highest BCUT2D eigenvalue weighted by Gasteiger charge is 2.24. The molecular weight excluding hydrogens is 398 g/mol. The number of rotatable bonds is 7. The number of aromatic nitrogens is 2. The number of anilines is 1. The summed E-state index contributed by atoms with van der Waals surface area (Å²) in [4.78, 5) is 0.125. The van der Waals surface area contributed by atoms with Crippen LogP contribution in [0.2, 0.25) is 0 Å². The van der Waals surface area contributed by atoms with Gasteiger partial charge < -0.3 is 4.74 Å². The lowest BCUT2D eigenvalue weighted by atomic mass is 10.2. The Bertz CT molecular complexity index is 1220. The minimum atomic E-state index is -3.86. The summed E-state index contributed by atoms with van der Waals surface area (Å²) in [6.45, 7) is 0.471. The van der Waals surface area contributed by atoms with Crippen LogP contribution >= 0.6 is 0 Å². The van der Waals surface area contributed by atoms with E-state index in [4.69, 9.17) is 4.74 Å². The summed E-state index contributed by atoms with van der Waals surface area (Å²) in [5.74, 6) is 0.651. The van der Waals surface area contributed by atoms with Gasteiger partial charge in [0.05, 0.1) is 13.7 Å². The smallest absolute Gasteiger partial charge is 0.265 e. The fraction of sp³-hybridized carbons (Fsp3) is 0.0870. The molecule has 6 nitrogen and oxygen atoms in total. The molecule has 0 fully saturated rings. The molecule has 152 valence electrons. The molecule has 0 aliphatic heterocycles. The number of hydrogen-bond donors (Lipinski definition) is 1. The van der Waals surface area contributed by atoms with Crippen molar-refractivity contribution in [3.8, 4) is 17.0 Å². The fourth-order valence-electron chi connectivity index (χ4n) is 3.12. The van der Waals surface area contributed by atoms with E-state index in [9.17, 15) is 8.42 Å². The second-order valence-electron chi connectivity index (χ2n) is 6.73. The van der Waals surface area contributed by atoms with Crippen molar-refractivity contribution in [2.75, 3.05) is 11.8 Å². The van der Waals surface area contributed by atoms with E-state index in [1.807, 2.05) is 60.7 Å². The van der Waals surface area contributed by atoms with Crippen molar-refractivity contribution < 1.29 is 13.2 Å². The maximum absolute atomic E-state index is 13.2. The number of ether oxygens (including phenoxy) is 1. The average Bonchev–Trinajstić information content (AvgIpc) is 3.20. The second-order valence-corrected chi connectivity index (χ2v) is 8.38. The first kappa shape index (κ1) is 19.7. The van der Waals surface area contributed by atoms with Gasteiger partial charge in [0.15, 0.2) is 0 Å². The summed E-state index contributed by atoms with van der Waals surface area (Å²) in [5.41, 5.74) is 2.63. The zero-order chi connectivity index (χ0) is 21.0. The summed E-state index contributed by atoms with van der Waals surface area (Å²) in [6.07, 6.45) is 1.57. The SMILES string of the molecule is COc1ccc(NS(=O)(=O)c2cn(Cc3ccccc3)nc2-c2ccccc2)cc1. The van der Waals surface area contributed by atoms with Crippen LogP contribution in [0.4, 0.5) is 5.69 Å². The second kappa shape index (κ2) is 8.42. The van der Waals surface area contributed by atoms with Gasteiger partial charge in [0, 0.05) is 17.4 Å². The number of nitrogens with zero attached hydrogens (tertiary/aromatic N) is 2. The third kappa shape index (κ3) is 4.36. The summed E-state index contributed by atoms with van der Waals surface area (Å²) in [5, 5.41) is 4.59. The molecule has 4 rings (SSSR count). The van der Waals surface area contributed by atoms with Crippen LogP contribution in [0, 0.1) is 0 Å². The molecule has 0 bridgehead atoms. The Hall–Kier alpha value is -3.58. The normalized spacial score (nSPS) is 11.2. The highest BCUT2D eigenvalue weighted by atomic mass is 32.2. The van der Waals surface area contributed by atoms with Crippen molar-refractivity contribution in [1.29, 1.82) is 0 Å². The molecule has 4 aromatic rings. The molecule has 1 aromatic heterocycles. The lowest BCUT2D eigenvalue weighted by Gasteiger charge is -2.09. The highest BCUT2D eigenvalue weighted by Crippen LogP contribution is 2.28. The lowest BCUT2D eigenvalue weighted by Crippen LogP contribution is -2.13. The quantitative estimate of drug-likeness (QED) is 0.482. The largest absolute Gasteiger partial charge is 0.497 e. The van der Waals surface area contributed by atoms with Gasteiger partial charge >= 0.3 is 0 Å². The lowest BCUT2D eigenvalue weighted by molar-refractivity contribution is 0.415. The maximum atomic E-state index is 13.2. The summed E-state index contributed by atoms with van der Waals surface area (Å²) in [6, 6.07) is 25.8. The van der Waals surface area contributed by atoms with E-state index >= 15 is 0 Å². The van der Waals surface area contributed by atoms with Gasteiger partial charge in [-0.2, -0.15) is 5.10 Å². The molecule has 0 aliphatic rings. The minimum Gasteiger partial charge on any atom is -0.497 e. The molecule has 0 atom stereocenters. The molecule has 1 N–H and O–H groups in total. The molecule has 0 saturated heterocycles. The third-order valence-corrected chi connectivity index (χ3v) is 5.98. The monoisotopic (exact) mass is 419 g/mol. The van der Waals surface area contributed by atoms with Gasteiger partial charge in [-0.1, -0.05) is 60.7 Å². The average molecular weight is 420 g/mol. The predicted octanol–water partition coefficient (Wildman–Crippen LogP) is 4.41. The van der Waals surface area contributed by atoms with Crippen LogP contribution in [-0.4, -0.2) is 25.3 Å². The molecule has 0 saturated carbocycles. The van der Waals surface area contributed by atoms with Gasteiger partial charge in [-0.3, -0.25) is 9.40 Å². The molecule has 0 radical (unpaired) electrons. The van der Waals surface area contributed by atoms with Gasteiger partial charge in [-0.25, -0.2) is 8.42 Å². The number of sulfonamides is 1. The third-order valence-electron chi connectivity index (χ3n) is 4.59. The molecule has 7 heteroatoms. The fourth-order valence-corrected chi connectivity index (χ4v) is 4.35. The van der Waals surface area contributed by atoms with Crippen molar-refractivity contribution in [1.82, 2.24) is 9.78 Å². The Balaban J connectivity index is 1.72. The molecule has 0 aliphatic carbocycles. The Kier molecular flexibility index (Phi) is 5.54. The van der Waals surface area contributed by atoms with Crippen LogP contribution in [0.25, 0.3) is 11.3 Å². The van der Waals surface area contributed by atoms with Crippen molar-refractivity contribution in [3.05, 3.63) is 96.7 Å². The van der Waals surface area contributed by atoms with E-state index in [-0.39, 0.29) is 4.90 Å². The Morgan fingerprint density at radius 3 is 2.17 bits per heavy atom. The zero-order valence-electron chi connectivity index (χ0n) is 16.4. The molecule has 0 spiro atoms. The van der Waals surface area contributed by atoms with E-state index in [2.05, 4.69) is 9.82 Å². The van der Waals surface area contributed by atoms with E-state index < -0.39 is 10.0 Å². The van der Waals surface area contributed by atoms with Crippen molar-refractivity contribution >= 4 is 15.7 Å². The summed E-state index contributed by atoms with van der Waals surface area (Å²) >= 11 is 0. The van der Waals surface area contributed by atoms with Crippen molar-refractivity contribution in [2.24, 2.45) is 0 Å².